The highest BCUT2D eigenvalue weighted by molar-refractivity contribution is 5.54. The first-order valence-corrected chi connectivity index (χ1v) is 7.98. The molecule has 0 aliphatic carbocycles. The molecule has 3 atom stereocenters. The molecule has 0 spiro atoms. The van der Waals surface area contributed by atoms with Gasteiger partial charge in [0.2, 0.25) is 11.7 Å². The van der Waals surface area contributed by atoms with Crippen LogP contribution in [-0.2, 0) is 0 Å². The number of benzene rings is 1. The fourth-order valence-corrected chi connectivity index (χ4v) is 2.97. The summed E-state index contributed by atoms with van der Waals surface area (Å²) in [6.45, 7) is 7.27. The van der Waals surface area contributed by atoms with Crippen LogP contribution in [0.25, 0.3) is 11.4 Å². The molecule has 0 saturated carbocycles. The molecule has 3 rings (SSSR count). The summed E-state index contributed by atoms with van der Waals surface area (Å²) in [6, 6.07) is 4.90. The van der Waals surface area contributed by atoms with Crippen molar-refractivity contribution in [3.8, 4) is 11.4 Å². The van der Waals surface area contributed by atoms with Crippen molar-refractivity contribution < 1.29 is 14.0 Å². The molecule has 5 nitrogen and oxygen atoms in total. The monoisotopic (exact) mass is 319 g/mol. The van der Waals surface area contributed by atoms with Crippen molar-refractivity contribution in [2.75, 3.05) is 13.1 Å². The zero-order valence-corrected chi connectivity index (χ0v) is 13.7. The Morgan fingerprint density at radius 1 is 1.39 bits per heavy atom. The van der Waals surface area contributed by atoms with Crippen LogP contribution in [0, 0.1) is 18.7 Å². The molecule has 0 radical (unpaired) electrons. The van der Waals surface area contributed by atoms with E-state index in [9.17, 15) is 9.50 Å². The van der Waals surface area contributed by atoms with Crippen LogP contribution in [0.15, 0.2) is 22.7 Å². The minimum absolute atomic E-state index is 0.0182. The Hall–Kier alpha value is -1.79. The van der Waals surface area contributed by atoms with Crippen LogP contribution in [0.3, 0.4) is 0 Å². The fourth-order valence-electron chi connectivity index (χ4n) is 2.97. The van der Waals surface area contributed by atoms with Crippen molar-refractivity contribution in [1.82, 2.24) is 15.0 Å². The Morgan fingerprint density at radius 3 is 2.83 bits per heavy atom. The van der Waals surface area contributed by atoms with Gasteiger partial charge in [0.1, 0.15) is 5.82 Å². The van der Waals surface area contributed by atoms with Crippen LogP contribution in [0.1, 0.15) is 37.8 Å². The molecule has 1 aromatic heterocycles. The SMILES string of the molecule is Cc1ccc(-c2noc(C(C)N3CCC(C(C)O)C3)n2)cc1F. The highest BCUT2D eigenvalue weighted by Crippen LogP contribution is 2.29. The molecule has 1 fully saturated rings. The molecule has 3 unspecified atom stereocenters. The number of hydrogen-bond acceptors (Lipinski definition) is 5. The van der Waals surface area contributed by atoms with Crippen LogP contribution in [0.5, 0.6) is 0 Å². The zero-order valence-electron chi connectivity index (χ0n) is 13.7. The van der Waals surface area contributed by atoms with Crippen molar-refractivity contribution in [2.45, 2.75) is 39.3 Å². The average Bonchev–Trinajstić information content (AvgIpc) is 3.18. The van der Waals surface area contributed by atoms with E-state index in [0.29, 0.717) is 22.8 Å². The molecule has 1 saturated heterocycles. The van der Waals surface area contributed by atoms with Gasteiger partial charge in [-0.25, -0.2) is 4.39 Å². The molecule has 6 heteroatoms. The molecule has 0 bridgehead atoms. The smallest absolute Gasteiger partial charge is 0.244 e. The number of aromatic nitrogens is 2. The minimum Gasteiger partial charge on any atom is -0.393 e. The molecule has 1 aliphatic heterocycles. The van der Waals surface area contributed by atoms with E-state index in [2.05, 4.69) is 15.0 Å². The predicted octanol–water partition coefficient (Wildman–Crippen LogP) is 2.95. The number of likely N-dealkylation sites (tertiary alicyclic amines) is 1. The maximum Gasteiger partial charge on any atom is 0.244 e. The van der Waals surface area contributed by atoms with Gasteiger partial charge in [-0.3, -0.25) is 4.90 Å². The highest BCUT2D eigenvalue weighted by Gasteiger charge is 2.31. The topological polar surface area (TPSA) is 62.4 Å². The van der Waals surface area contributed by atoms with Gasteiger partial charge in [-0.05, 0) is 51.3 Å². The van der Waals surface area contributed by atoms with E-state index >= 15 is 0 Å². The van der Waals surface area contributed by atoms with E-state index in [1.54, 1.807) is 19.1 Å². The van der Waals surface area contributed by atoms with Gasteiger partial charge in [0.15, 0.2) is 0 Å². The van der Waals surface area contributed by atoms with Crippen LogP contribution < -0.4 is 0 Å². The minimum atomic E-state index is -0.305. The van der Waals surface area contributed by atoms with E-state index < -0.39 is 0 Å². The Kier molecular flexibility index (Phi) is 4.46. The second-order valence-electron chi connectivity index (χ2n) is 6.38. The molecular weight excluding hydrogens is 297 g/mol. The summed E-state index contributed by atoms with van der Waals surface area (Å²) in [6.07, 6.45) is 0.660. The van der Waals surface area contributed by atoms with E-state index in [0.717, 1.165) is 19.5 Å². The van der Waals surface area contributed by atoms with Crippen molar-refractivity contribution in [1.29, 1.82) is 0 Å². The summed E-state index contributed by atoms with van der Waals surface area (Å²) >= 11 is 0. The number of aliphatic hydroxyl groups is 1. The molecular formula is C17H22FN3O2. The Bertz CT molecular complexity index is 686. The number of aliphatic hydroxyl groups excluding tert-OH is 1. The van der Waals surface area contributed by atoms with Gasteiger partial charge in [0, 0.05) is 12.1 Å². The van der Waals surface area contributed by atoms with Gasteiger partial charge in [0.05, 0.1) is 12.1 Å². The van der Waals surface area contributed by atoms with Crippen LogP contribution in [0.2, 0.25) is 0 Å². The van der Waals surface area contributed by atoms with Gasteiger partial charge in [-0.15, -0.1) is 0 Å². The number of halogens is 1. The molecule has 23 heavy (non-hydrogen) atoms. The van der Waals surface area contributed by atoms with Gasteiger partial charge in [0.25, 0.3) is 0 Å². The zero-order chi connectivity index (χ0) is 16.6. The van der Waals surface area contributed by atoms with Gasteiger partial charge < -0.3 is 9.63 Å². The van der Waals surface area contributed by atoms with Gasteiger partial charge in [-0.1, -0.05) is 17.3 Å². The third kappa shape index (κ3) is 3.28. The Labute approximate surface area is 135 Å². The van der Waals surface area contributed by atoms with Gasteiger partial charge >= 0.3 is 0 Å². The Morgan fingerprint density at radius 2 is 2.17 bits per heavy atom. The standard InChI is InChI=1S/C17H22FN3O2/c1-10-4-5-13(8-15(10)18)16-19-17(23-20-16)11(2)21-7-6-14(9-21)12(3)22/h4-5,8,11-12,14,22H,6-7,9H2,1-3H3. The average molecular weight is 319 g/mol. The van der Waals surface area contributed by atoms with Crippen LogP contribution in [-0.4, -0.2) is 39.3 Å². The first-order valence-electron chi connectivity index (χ1n) is 7.98. The first-order chi connectivity index (χ1) is 11.0. The summed E-state index contributed by atoms with van der Waals surface area (Å²) < 4.78 is 19.0. The molecule has 124 valence electrons. The summed E-state index contributed by atoms with van der Waals surface area (Å²) in [5.41, 5.74) is 1.20. The van der Waals surface area contributed by atoms with Crippen LogP contribution >= 0.6 is 0 Å². The lowest BCUT2D eigenvalue weighted by atomic mass is 10.0. The second-order valence-corrected chi connectivity index (χ2v) is 6.38. The molecule has 1 N–H and O–H groups in total. The van der Waals surface area contributed by atoms with E-state index in [-0.39, 0.29) is 23.9 Å². The van der Waals surface area contributed by atoms with Crippen molar-refractivity contribution in [3.05, 3.63) is 35.5 Å². The third-order valence-electron chi connectivity index (χ3n) is 4.72. The normalized spacial score (nSPS) is 21.5. The summed E-state index contributed by atoms with van der Waals surface area (Å²) in [7, 11) is 0. The maximum absolute atomic E-state index is 13.7. The molecule has 2 heterocycles. The summed E-state index contributed by atoms with van der Waals surface area (Å²) in [5, 5.41) is 13.7. The number of nitrogens with zero attached hydrogens (tertiary/aromatic N) is 3. The Balaban J connectivity index is 1.75. The van der Waals surface area contributed by atoms with Crippen molar-refractivity contribution >= 4 is 0 Å². The lowest BCUT2D eigenvalue weighted by molar-refractivity contribution is 0.119. The molecule has 1 aromatic carbocycles. The lowest BCUT2D eigenvalue weighted by Crippen LogP contribution is -2.27. The first kappa shape index (κ1) is 16.1. The predicted molar refractivity (Wildman–Crippen MR) is 84.2 cm³/mol. The van der Waals surface area contributed by atoms with Crippen LogP contribution in [0.4, 0.5) is 4.39 Å². The summed E-state index contributed by atoms with van der Waals surface area (Å²) in [5.74, 6) is 0.927. The van der Waals surface area contributed by atoms with Crippen molar-refractivity contribution in [3.63, 3.8) is 0 Å². The largest absolute Gasteiger partial charge is 0.393 e. The number of rotatable bonds is 4. The third-order valence-corrected chi connectivity index (χ3v) is 4.72. The quantitative estimate of drug-likeness (QED) is 0.939. The van der Waals surface area contributed by atoms with Crippen molar-refractivity contribution in [2.24, 2.45) is 5.92 Å². The van der Waals surface area contributed by atoms with E-state index in [1.807, 2.05) is 13.8 Å². The number of hydrogen-bond donors (Lipinski definition) is 1. The van der Waals surface area contributed by atoms with E-state index in [1.165, 1.54) is 6.07 Å². The summed E-state index contributed by atoms with van der Waals surface area (Å²) in [4.78, 5) is 6.64. The van der Waals surface area contributed by atoms with E-state index in [4.69, 9.17) is 4.52 Å². The number of aryl methyl sites for hydroxylation is 1. The molecule has 2 aromatic rings. The maximum atomic E-state index is 13.7. The molecule has 0 amide bonds. The highest BCUT2D eigenvalue weighted by atomic mass is 19.1. The lowest BCUT2D eigenvalue weighted by Gasteiger charge is -2.21. The van der Waals surface area contributed by atoms with Gasteiger partial charge in [-0.2, -0.15) is 4.98 Å². The molecule has 1 aliphatic rings. The second kappa shape index (κ2) is 6.37. The fraction of sp³-hybridized carbons (Fsp3) is 0.529.